The molecule has 4 rings (SSSR count). The molecule has 0 fully saturated rings. The van der Waals surface area contributed by atoms with Gasteiger partial charge >= 0.3 is 0 Å². The Morgan fingerprint density at radius 2 is 1.78 bits per heavy atom. The number of aryl methyl sites for hydroxylation is 1. The topological polar surface area (TPSA) is 96.5 Å². The Hall–Kier alpha value is -3.96. The quantitative estimate of drug-likeness (QED) is 0.439. The summed E-state index contributed by atoms with van der Waals surface area (Å²) in [6.07, 6.45) is 3.42. The van der Waals surface area contributed by atoms with Crippen LogP contribution in [-0.4, -0.2) is 30.9 Å². The van der Waals surface area contributed by atoms with E-state index in [-0.39, 0.29) is 5.91 Å². The molecule has 2 aromatic heterocycles. The van der Waals surface area contributed by atoms with Crippen molar-refractivity contribution in [2.75, 3.05) is 5.32 Å². The second kappa shape index (κ2) is 9.45. The molecule has 0 spiro atoms. The van der Waals surface area contributed by atoms with Crippen molar-refractivity contribution >= 4 is 23.4 Å². The van der Waals surface area contributed by atoms with Gasteiger partial charge in [0.2, 0.25) is 5.91 Å². The molecule has 0 aliphatic carbocycles. The molecular weight excluding hydrogens is 420 g/mol. The number of carbonyl (C=O) groups excluding carboxylic acids is 1. The van der Waals surface area contributed by atoms with Gasteiger partial charge in [0.25, 0.3) is 0 Å². The lowest BCUT2D eigenvalue weighted by Crippen LogP contribution is -2.23. The zero-order valence-electron chi connectivity index (χ0n) is 17.6. The number of benzene rings is 2. The number of nitrogens with one attached hydrogen (secondary N) is 1. The van der Waals surface area contributed by atoms with E-state index in [1.165, 1.54) is 11.8 Å². The molecule has 1 N–H and O–H groups in total. The van der Waals surface area contributed by atoms with Gasteiger partial charge in [-0.05, 0) is 49.7 Å². The molecule has 0 saturated heterocycles. The van der Waals surface area contributed by atoms with Crippen LogP contribution in [0.25, 0.3) is 17.1 Å². The van der Waals surface area contributed by atoms with Crippen LogP contribution in [0.3, 0.4) is 0 Å². The standard InChI is InChI=1S/C24H20N6OS/c1-16-7-3-6-10-21(16)30-22(18-11-13-26-14-12-18)28-29-24(30)32-17(2)23(31)27-20-9-5-4-8-19(20)15-25/h3-14,17H,1-2H3,(H,27,31). The van der Waals surface area contributed by atoms with Crippen molar-refractivity contribution in [3.63, 3.8) is 0 Å². The summed E-state index contributed by atoms with van der Waals surface area (Å²) in [5.74, 6) is 0.453. The highest BCUT2D eigenvalue weighted by Gasteiger charge is 2.23. The van der Waals surface area contributed by atoms with Gasteiger partial charge < -0.3 is 5.32 Å². The smallest absolute Gasteiger partial charge is 0.237 e. The average Bonchev–Trinajstić information content (AvgIpc) is 3.23. The van der Waals surface area contributed by atoms with Crippen molar-refractivity contribution in [3.8, 4) is 23.1 Å². The van der Waals surface area contributed by atoms with Gasteiger partial charge in [-0.1, -0.05) is 42.1 Å². The third-order valence-corrected chi connectivity index (χ3v) is 5.93. The van der Waals surface area contributed by atoms with Crippen LogP contribution in [0.15, 0.2) is 78.2 Å². The van der Waals surface area contributed by atoms with Crippen molar-refractivity contribution in [2.24, 2.45) is 0 Å². The van der Waals surface area contributed by atoms with Crippen LogP contribution >= 0.6 is 11.8 Å². The lowest BCUT2D eigenvalue weighted by molar-refractivity contribution is -0.115. The summed E-state index contributed by atoms with van der Waals surface area (Å²) in [4.78, 5) is 17.0. The molecule has 0 saturated carbocycles. The van der Waals surface area contributed by atoms with Gasteiger partial charge in [0.15, 0.2) is 11.0 Å². The van der Waals surface area contributed by atoms with Gasteiger partial charge in [0, 0.05) is 18.0 Å². The van der Waals surface area contributed by atoms with E-state index in [1.54, 1.807) is 43.6 Å². The molecule has 0 radical (unpaired) electrons. The number of rotatable bonds is 6. The summed E-state index contributed by atoms with van der Waals surface area (Å²) >= 11 is 1.31. The summed E-state index contributed by atoms with van der Waals surface area (Å²) in [6.45, 7) is 3.83. The molecule has 158 valence electrons. The first-order chi connectivity index (χ1) is 15.6. The second-order valence-corrected chi connectivity index (χ2v) is 8.38. The molecule has 8 heteroatoms. The number of nitriles is 1. The van der Waals surface area contributed by atoms with Crippen LogP contribution in [0, 0.1) is 18.3 Å². The number of anilines is 1. The highest BCUT2D eigenvalue weighted by atomic mass is 32.2. The number of para-hydroxylation sites is 2. The Kier molecular flexibility index (Phi) is 6.29. The van der Waals surface area contributed by atoms with E-state index in [9.17, 15) is 10.1 Å². The summed E-state index contributed by atoms with van der Waals surface area (Å²) < 4.78 is 1.96. The predicted octanol–water partition coefficient (Wildman–Crippen LogP) is 4.63. The van der Waals surface area contributed by atoms with Crippen molar-refractivity contribution in [2.45, 2.75) is 24.3 Å². The SMILES string of the molecule is Cc1ccccc1-n1c(SC(C)C(=O)Nc2ccccc2C#N)nnc1-c1ccncc1. The fourth-order valence-electron chi connectivity index (χ4n) is 3.20. The molecular formula is C24H20N6OS. The molecule has 4 aromatic rings. The van der Waals surface area contributed by atoms with E-state index < -0.39 is 5.25 Å². The van der Waals surface area contributed by atoms with Gasteiger partial charge in [0.05, 0.1) is 22.2 Å². The first kappa shape index (κ1) is 21.3. The van der Waals surface area contributed by atoms with E-state index in [0.717, 1.165) is 16.8 Å². The summed E-state index contributed by atoms with van der Waals surface area (Å²) in [6, 6.07) is 20.7. The highest BCUT2D eigenvalue weighted by molar-refractivity contribution is 8.00. The van der Waals surface area contributed by atoms with Gasteiger partial charge in [0.1, 0.15) is 6.07 Å². The minimum Gasteiger partial charge on any atom is -0.324 e. The Balaban J connectivity index is 1.67. The first-order valence-corrected chi connectivity index (χ1v) is 10.8. The van der Waals surface area contributed by atoms with Crippen molar-refractivity contribution in [1.29, 1.82) is 5.26 Å². The molecule has 1 unspecified atom stereocenters. The molecule has 1 atom stereocenters. The Morgan fingerprint density at radius 1 is 1.06 bits per heavy atom. The molecule has 2 aromatic carbocycles. The third kappa shape index (κ3) is 4.38. The second-order valence-electron chi connectivity index (χ2n) is 7.07. The normalized spacial score (nSPS) is 11.5. The fraction of sp³-hybridized carbons (Fsp3) is 0.125. The van der Waals surface area contributed by atoms with Gasteiger partial charge in [-0.15, -0.1) is 10.2 Å². The van der Waals surface area contributed by atoms with Crippen LogP contribution < -0.4 is 5.32 Å². The zero-order chi connectivity index (χ0) is 22.5. The van der Waals surface area contributed by atoms with E-state index in [1.807, 2.05) is 47.9 Å². The molecule has 2 heterocycles. The number of carbonyl (C=O) groups is 1. The number of amides is 1. The maximum atomic E-state index is 12.9. The van der Waals surface area contributed by atoms with E-state index in [2.05, 4.69) is 26.6 Å². The maximum absolute atomic E-state index is 12.9. The summed E-state index contributed by atoms with van der Waals surface area (Å²) in [5.41, 5.74) is 3.79. The minimum atomic E-state index is -0.473. The summed E-state index contributed by atoms with van der Waals surface area (Å²) in [5, 5.41) is 21.1. The molecule has 1 amide bonds. The minimum absolute atomic E-state index is 0.220. The molecule has 0 aliphatic rings. The predicted molar refractivity (Wildman–Crippen MR) is 124 cm³/mol. The Labute approximate surface area is 190 Å². The lowest BCUT2D eigenvalue weighted by Gasteiger charge is -2.15. The molecule has 7 nitrogen and oxygen atoms in total. The number of hydrogen-bond acceptors (Lipinski definition) is 6. The molecule has 0 bridgehead atoms. The number of nitrogens with zero attached hydrogens (tertiary/aromatic N) is 5. The van der Waals surface area contributed by atoms with Crippen LogP contribution in [0.1, 0.15) is 18.1 Å². The number of hydrogen-bond donors (Lipinski definition) is 1. The largest absolute Gasteiger partial charge is 0.324 e. The highest BCUT2D eigenvalue weighted by Crippen LogP contribution is 2.31. The number of thioether (sulfide) groups is 1. The van der Waals surface area contributed by atoms with E-state index in [4.69, 9.17) is 0 Å². The number of aromatic nitrogens is 4. The Bertz CT molecular complexity index is 1300. The van der Waals surface area contributed by atoms with Crippen LogP contribution in [0.4, 0.5) is 5.69 Å². The molecule has 0 aliphatic heterocycles. The van der Waals surface area contributed by atoms with Gasteiger partial charge in [-0.2, -0.15) is 5.26 Å². The van der Waals surface area contributed by atoms with Crippen molar-refractivity contribution in [1.82, 2.24) is 19.7 Å². The fourth-order valence-corrected chi connectivity index (χ4v) is 4.06. The zero-order valence-corrected chi connectivity index (χ0v) is 18.4. The van der Waals surface area contributed by atoms with Crippen molar-refractivity contribution < 1.29 is 4.79 Å². The lowest BCUT2D eigenvalue weighted by atomic mass is 10.2. The monoisotopic (exact) mass is 440 g/mol. The van der Waals surface area contributed by atoms with Gasteiger partial charge in [-0.25, -0.2) is 0 Å². The van der Waals surface area contributed by atoms with Crippen LogP contribution in [-0.2, 0) is 4.79 Å². The maximum Gasteiger partial charge on any atom is 0.237 e. The Morgan fingerprint density at radius 3 is 2.53 bits per heavy atom. The van der Waals surface area contributed by atoms with Gasteiger partial charge in [-0.3, -0.25) is 14.3 Å². The van der Waals surface area contributed by atoms with E-state index >= 15 is 0 Å². The van der Waals surface area contributed by atoms with Crippen LogP contribution in [0.5, 0.6) is 0 Å². The average molecular weight is 441 g/mol. The molecule has 32 heavy (non-hydrogen) atoms. The first-order valence-electron chi connectivity index (χ1n) is 9.97. The summed E-state index contributed by atoms with van der Waals surface area (Å²) in [7, 11) is 0. The third-order valence-electron chi connectivity index (χ3n) is 4.89. The van der Waals surface area contributed by atoms with Crippen molar-refractivity contribution in [3.05, 3.63) is 84.2 Å². The van der Waals surface area contributed by atoms with Crippen LogP contribution in [0.2, 0.25) is 0 Å². The van der Waals surface area contributed by atoms with E-state index in [0.29, 0.717) is 22.2 Å². The number of pyridine rings is 1.